The van der Waals surface area contributed by atoms with Gasteiger partial charge in [-0.25, -0.2) is 0 Å². The second-order valence-electron chi connectivity index (χ2n) is 6.67. The highest BCUT2D eigenvalue weighted by molar-refractivity contribution is 5.76. The van der Waals surface area contributed by atoms with Crippen LogP contribution in [0, 0.1) is 0 Å². The van der Waals surface area contributed by atoms with Gasteiger partial charge in [0.1, 0.15) is 5.78 Å². The number of aliphatic hydroxyl groups is 1. The molecule has 0 heterocycles. The predicted octanol–water partition coefficient (Wildman–Crippen LogP) is 1.44. The van der Waals surface area contributed by atoms with E-state index in [1.807, 2.05) is 27.7 Å². The third-order valence-electron chi connectivity index (χ3n) is 3.19. The SMILES string of the molecule is CC(=O)CCOC(C)(C)CCOC(C)(C)CNC(=O)CCO. The van der Waals surface area contributed by atoms with Crippen molar-refractivity contribution in [3.05, 3.63) is 0 Å². The molecule has 1 amide bonds. The molecular formula is C16H31NO5. The third-order valence-corrected chi connectivity index (χ3v) is 3.19. The average Bonchev–Trinajstić information content (AvgIpc) is 2.35. The molecule has 22 heavy (non-hydrogen) atoms. The maximum atomic E-state index is 11.3. The number of carbonyl (C=O) groups excluding carboxylic acids is 2. The molecular weight excluding hydrogens is 286 g/mol. The molecule has 0 rings (SSSR count). The zero-order valence-electron chi connectivity index (χ0n) is 14.5. The van der Waals surface area contributed by atoms with E-state index in [9.17, 15) is 9.59 Å². The van der Waals surface area contributed by atoms with E-state index in [1.165, 1.54) is 0 Å². The van der Waals surface area contributed by atoms with Crippen LogP contribution in [0.5, 0.6) is 0 Å². The van der Waals surface area contributed by atoms with Crippen molar-refractivity contribution >= 4 is 11.7 Å². The van der Waals surface area contributed by atoms with Crippen LogP contribution < -0.4 is 5.32 Å². The summed E-state index contributed by atoms with van der Waals surface area (Å²) >= 11 is 0. The van der Waals surface area contributed by atoms with Gasteiger partial charge in [0, 0.05) is 19.4 Å². The number of rotatable bonds is 12. The molecule has 0 radical (unpaired) electrons. The van der Waals surface area contributed by atoms with Gasteiger partial charge in [-0.15, -0.1) is 0 Å². The highest BCUT2D eigenvalue weighted by atomic mass is 16.5. The van der Waals surface area contributed by atoms with E-state index in [0.29, 0.717) is 32.6 Å². The van der Waals surface area contributed by atoms with Gasteiger partial charge in [-0.2, -0.15) is 0 Å². The fourth-order valence-electron chi connectivity index (χ4n) is 1.67. The summed E-state index contributed by atoms with van der Waals surface area (Å²) in [6.07, 6.45) is 1.22. The molecule has 0 saturated carbocycles. The van der Waals surface area contributed by atoms with Crippen LogP contribution >= 0.6 is 0 Å². The van der Waals surface area contributed by atoms with E-state index in [2.05, 4.69) is 5.32 Å². The van der Waals surface area contributed by atoms with Crippen LogP contribution in [0.2, 0.25) is 0 Å². The van der Waals surface area contributed by atoms with Crippen molar-refractivity contribution in [2.24, 2.45) is 0 Å². The van der Waals surface area contributed by atoms with Gasteiger partial charge in [-0.1, -0.05) is 0 Å². The van der Waals surface area contributed by atoms with Crippen LogP contribution in [0.3, 0.4) is 0 Å². The number of amides is 1. The molecule has 6 nitrogen and oxygen atoms in total. The second kappa shape index (κ2) is 9.92. The first-order chi connectivity index (χ1) is 10.1. The number of hydrogen-bond donors (Lipinski definition) is 2. The molecule has 0 atom stereocenters. The van der Waals surface area contributed by atoms with Crippen LogP contribution in [-0.4, -0.2) is 54.4 Å². The minimum absolute atomic E-state index is 0.104. The van der Waals surface area contributed by atoms with Crippen LogP contribution in [0.1, 0.15) is 53.9 Å². The molecule has 0 spiro atoms. The topological polar surface area (TPSA) is 84.9 Å². The van der Waals surface area contributed by atoms with Gasteiger partial charge < -0.3 is 19.9 Å². The zero-order valence-corrected chi connectivity index (χ0v) is 14.5. The summed E-state index contributed by atoms with van der Waals surface area (Å²) < 4.78 is 11.5. The first-order valence-corrected chi connectivity index (χ1v) is 7.73. The summed E-state index contributed by atoms with van der Waals surface area (Å²) in [5, 5.41) is 11.4. The maximum absolute atomic E-state index is 11.3. The lowest BCUT2D eigenvalue weighted by molar-refractivity contribution is -0.124. The number of hydrogen-bond acceptors (Lipinski definition) is 5. The first-order valence-electron chi connectivity index (χ1n) is 7.73. The molecule has 0 aliphatic rings. The Balaban J connectivity index is 3.99. The van der Waals surface area contributed by atoms with Gasteiger partial charge in [-0.05, 0) is 41.0 Å². The maximum Gasteiger partial charge on any atom is 0.222 e. The Labute approximate surface area is 133 Å². The van der Waals surface area contributed by atoms with Crippen molar-refractivity contribution in [3.8, 4) is 0 Å². The molecule has 0 bridgehead atoms. The first kappa shape index (κ1) is 21.0. The molecule has 0 aromatic rings. The van der Waals surface area contributed by atoms with Gasteiger partial charge in [0.25, 0.3) is 0 Å². The number of Topliss-reactive ketones (excluding diaryl/α,β-unsaturated/α-hetero) is 1. The van der Waals surface area contributed by atoms with E-state index >= 15 is 0 Å². The standard InChI is InChI=1S/C16H31NO5/c1-13(19)7-10-21-15(2,3)8-11-22-16(4,5)12-17-14(20)6-9-18/h18H,6-12H2,1-5H3,(H,17,20). The molecule has 0 unspecified atom stereocenters. The van der Waals surface area contributed by atoms with Gasteiger partial charge in [-0.3, -0.25) is 9.59 Å². The molecule has 0 aromatic carbocycles. The number of ether oxygens (including phenoxy) is 2. The quantitative estimate of drug-likeness (QED) is 0.569. The molecule has 0 aromatic heterocycles. The van der Waals surface area contributed by atoms with Gasteiger partial charge in [0.15, 0.2) is 0 Å². The molecule has 0 saturated heterocycles. The number of aliphatic hydroxyl groups excluding tert-OH is 1. The van der Waals surface area contributed by atoms with Crippen molar-refractivity contribution < 1.29 is 24.2 Å². The Morgan fingerprint density at radius 3 is 2.14 bits per heavy atom. The molecule has 0 fully saturated rings. The Kier molecular flexibility index (Phi) is 9.48. The van der Waals surface area contributed by atoms with Crippen molar-refractivity contribution in [1.29, 1.82) is 0 Å². The van der Waals surface area contributed by atoms with Gasteiger partial charge >= 0.3 is 0 Å². The predicted molar refractivity (Wildman–Crippen MR) is 84.7 cm³/mol. The molecule has 130 valence electrons. The van der Waals surface area contributed by atoms with Crippen LogP contribution in [-0.2, 0) is 19.1 Å². The van der Waals surface area contributed by atoms with Gasteiger partial charge in [0.05, 0.1) is 31.0 Å². The monoisotopic (exact) mass is 317 g/mol. The molecule has 0 aliphatic carbocycles. The summed E-state index contributed by atoms with van der Waals surface area (Å²) in [6, 6.07) is 0. The normalized spacial score (nSPS) is 12.3. The Morgan fingerprint density at radius 2 is 1.59 bits per heavy atom. The summed E-state index contributed by atoms with van der Waals surface area (Å²) in [6.45, 7) is 10.4. The number of ketones is 1. The molecule has 2 N–H and O–H groups in total. The lowest BCUT2D eigenvalue weighted by Gasteiger charge is -2.30. The zero-order chi connectivity index (χ0) is 17.2. The van der Waals surface area contributed by atoms with E-state index in [4.69, 9.17) is 14.6 Å². The summed E-state index contributed by atoms with van der Waals surface area (Å²) in [7, 11) is 0. The second-order valence-corrected chi connectivity index (χ2v) is 6.67. The van der Waals surface area contributed by atoms with E-state index in [1.54, 1.807) is 6.92 Å². The molecule has 0 aliphatic heterocycles. The third kappa shape index (κ3) is 11.7. The summed E-state index contributed by atoms with van der Waals surface area (Å²) in [5.41, 5.74) is -0.841. The van der Waals surface area contributed by atoms with E-state index < -0.39 is 5.60 Å². The van der Waals surface area contributed by atoms with Crippen molar-refractivity contribution in [2.45, 2.75) is 65.1 Å². The summed E-state index contributed by atoms with van der Waals surface area (Å²) in [4.78, 5) is 22.2. The lowest BCUT2D eigenvalue weighted by atomic mass is 10.1. The van der Waals surface area contributed by atoms with Crippen molar-refractivity contribution in [3.63, 3.8) is 0 Å². The summed E-state index contributed by atoms with van der Waals surface area (Å²) in [5.74, 6) is -0.0705. The van der Waals surface area contributed by atoms with E-state index in [-0.39, 0.29) is 30.3 Å². The minimum atomic E-state index is -0.486. The fourth-order valence-corrected chi connectivity index (χ4v) is 1.67. The average molecular weight is 317 g/mol. The molecule has 6 heteroatoms. The smallest absolute Gasteiger partial charge is 0.222 e. The van der Waals surface area contributed by atoms with Crippen LogP contribution in [0.15, 0.2) is 0 Å². The highest BCUT2D eigenvalue weighted by Gasteiger charge is 2.23. The van der Waals surface area contributed by atoms with Gasteiger partial charge in [0.2, 0.25) is 5.91 Å². The number of carbonyl (C=O) groups is 2. The van der Waals surface area contributed by atoms with Crippen molar-refractivity contribution in [1.82, 2.24) is 5.32 Å². The van der Waals surface area contributed by atoms with Crippen molar-refractivity contribution in [2.75, 3.05) is 26.4 Å². The van der Waals surface area contributed by atoms with Crippen LogP contribution in [0.4, 0.5) is 0 Å². The Bertz CT molecular complexity index is 352. The minimum Gasteiger partial charge on any atom is -0.396 e. The largest absolute Gasteiger partial charge is 0.396 e. The van der Waals surface area contributed by atoms with E-state index in [0.717, 1.165) is 0 Å². The Morgan fingerprint density at radius 1 is 1.00 bits per heavy atom. The Hall–Kier alpha value is -0.980. The number of nitrogens with one attached hydrogen (secondary N) is 1. The lowest BCUT2D eigenvalue weighted by Crippen LogP contribution is -2.41. The highest BCUT2D eigenvalue weighted by Crippen LogP contribution is 2.17. The van der Waals surface area contributed by atoms with Crippen LogP contribution in [0.25, 0.3) is 0 Å². The fraction of sp³-hybridized carbons (Fsp3) is 0.875.